The summed E-state index contributed by atoms with van der Waals surface area (Å²) >= 11 is 1.80. The van der Waals surface area contributed by atoms with Gasteiger partial charge in [0.2, 0.25) is 0 Å². The molecule has 1 aliphatic rings. The molecule has 2 rings (SSSR count). The van der Waals surface area contributed by atoms with E-state index in [0.717, 1.165) is 34.6 Å². The van der Waals surface area contributed by atoms with Crippen LogP contribution in [0.15, 0.2) is 12.1 Å². The van der Waals surface area contributed by atoms with Crippen LogP contribution in [-0.2, 0) is 5.75 Å². The van der Waals surface area contributed by atoms with Crippen molar-refractivity contribution in [1.29, 1.82) is 0 Å². The number of aryl methyl sites for hydroxylation is 1. The Hall–Kier alpha value is -0.540. The Morgan fingerprint density at radius 2 is 2.29 bits per heavy atom. The summed E-state index contributed by atoms with van der Waals surface area (Å²) in [7, 11) is 0. The van der Waals surface area contributed by atoms with Crippen molar-refractivity contribution in [2.75, 3.05) is 5.75 Å². The molecule has 1 aromatic rings. The number of thioether (sulfide) groups is 1. The minimum Gasteiger partial charge on any atom is -0.388 e. The third-order valence-electron chi connectivity index (χ3n) is 2.61. The number of hydrogen-bond donors (Lipinski definition) is 1. The lowest BCUT2D eigenvalue weighted by atomic mass is 9.97. The molecular weight excluding hydrogens is 199 g/mol. The second-order valence-electron chi connectivity index (χ2n) is 3.65. The van der Waals surface area contributed by atoms with Crippen LogP contribution in [0.1, 0.15) is 29.2 Å². The van der Waals surface area contributed by atoms with E-state index in [-0.39, 0.29) is 5.82 Å². The molecule has 0 spiro atoms. The lowest BCUT2D eigenvalue weighted by Crippen LogP contribution is -2.02. The van der Waals surface area contributed by atoms with Crippen molar-refractivity contribution in [3.63, 3.8) is 0 Å². The van der Waals surface area contributed by atoms with Gasteiger partial charge in [-0.05, 0) is 47.9 Å². The molecule has 1 aliphatic heterocycles. The largest absolute Gasteiger partial charge is 0.388 e. The van der Waals surface area contributed by atoms with E-state index in [9.17, 15) is 9.50 Å². The summed E-state index contributed by atoms with van der Waals surface area (Å²) in [6.07, 6.45) is 0.231. The lowest BCUT2D eigenvalue weighted by Gasteiger charge is -2.13. The van der Waals surface area contributed by atoms with Crippen molar-refractivity contribution in [3.05, 3.63) is 34.6 Å². The average Bonchev–Trinajstić information content (AvgIpc) is 2.29. The molecule has 1 nitrogen and oxygen atoms in total. The Balaban J connectivity index is 2.53. The molecule has 1 unspecified atom stereocenters. The zero-order valence-corrected chi connectivity index (χ0v) is 8.90. The second-order valence-corrected chi connectivity index (χ2v) is 4.75. The zero-order chi connectivity index (χ0) is 10.1. The van der Waals surface area contributed by atoms with E-state index < -0.39 is 6.10 Å². The topological polar surface area (TPSA) is 20.2 Å². The highest BCUT2D eigenvalue weighted by molar-refractivity contribution is 7.98. The molecule has 0 saturated carbocycles. The monoisotopic (exact) mass is 212 g/mol. The third kappa shape index (κ3) is 1.79. The van der Waals surface area contributed by atoms with E-state index in [1.165, 1.54) is 12.1 Å². The van der Waals surface area contributed by atoms with Gasteiger partial charge >= 0.3 is 0 Å². The Kier molecular flexibility index (Phi) is 2.79. The summed E-state index contributed by atoms with van der Waals surface area (Å²) in [6.45, 7) is 1.90. The molecular formula is C11H13FOS. The van der Waals surface area contributed by atoms with Gasteiger partial charge in [0.1, 0.15) is 5.82 Å². The number of hydrogen-bond acceptors (Lipinski definition) is 2. The first-order valence-electron chi connectivity index (χ1n) is 4.73. The quantitative estimate of drug-likeness (QED) is 0.713. The van der Waals surface area contributed by atoms with Gasteiger partial charge in [0.25, 0.3) is 0 Å². The number of aliphatic hydroxyl groups excluding tert-OH is 1. The number of benzene rings is 1. The fraction of sp³-hybridized carbons (Fsp3) is 0.455. The van der Waals surface area contributed by atoms with Gasteiger partial charge in [-0.1, -0.05) is 0 Å². The summed E-state index contributed by atoms with van der Waals surface area (Å²) in [5.74, 6) is 1.59. The minimum absolute atomic E-state index is 0.243. The first-order chi connectivity index (χ1) is 6.68. The molecule has 0 radical (unpaired) electrons. The minimum atomic E-state index is -0.491. The van der Waals surface area contributed by atoms with Crippen LogP contribution in [0.3, 0.4) is 0 Å². The molecule has 14 heavy (non-hydrogen) atoms. The lowest BCUT2D eigenvalue weighted by molar-refractivity contribution is 0.174. The highest BCUT2D eigenvalue weighted by Gasteiger charge is 2.18. The fourth-order valence-electron chi connectivity index (χ4n) is 1.82. The summed E-state index contributed by atoms with van der Waals surface area (Å²) in [5.41, 5.74) is 2.85. The maximum atomic E-state index is 13.1. The van der Waals surface area contributed by atoms with Crippen molar-refractivity contribution < 1.29 is 9.50 Å². The fourth-order valence-corrected chi connectivity index (χ4v) is 2.95. The molecule has 1 aromatic carbocycles. The summed E-state index contributed by atoms with van der Waals surface area (Å²) in [6, 6.07) is 3.01. The molecule has 0 fully saturated rings. The smallest absolute Gasteiger partial charge is 0.123 e. The molecule has 1 N–H and O–H groups in total. The van der Waals surface area contributed by atoms with Gasteiger partial charge in [-0.3, -0.25) is 0 Å². The highest BCUT2D eigenvalue weighted by atomic mass is 32.2. The molecule has 1 atom stereocenters. The Morgan fingerprint density at radius 3 is 3.07 bits per heavy atom. The van der Waals surface area contributed by atoms with Crippen LogP contribution in [0, 0.1) is 12.7 Å². The van der Waals surface area contributed by atoms with Crippen LogP contribution in [-0.4, -0.2) is 10.9 Å². The number of rotatable bonds is 0. The van der Waals surface area contributed by atoms with Crippen LogP contribution in [0.25, 0.3) is 0 Å². The van der Waals surface area contributed by atoms with Crippen LogP contribution in [0.5, 0.6) is 0 Å². The first-order valence-corrected chi connectivity index (χ1v) is 5.88. The van der Waals surface area contributed by atoms with E-state index in [0.29, 0.717) is 0 Å². The Morgan fingerprint density at radius 1 is 1.50 bits per heavy atom. The van der Waals surface area contributed by atoms with Gasteiger partial charge in [0.05, 0.1) is 6.10 Å². The molecule has 0 bridgehead atoms. The molecule has 1 heterocycles. The van der Waals surface area contributed by atoms with Gasteiger partial charge in [-0.2, -0.15) is 11.8 Å². The molecule has 0 amide bonds. The number of halogens is 1. The maximum Gasteiger partial charge on any atom is 0.123 e. The van der Waals surface area contributed by atoms with E-state index in [1.54, 1.807) is 11.8 Å². The van der Waals surface area contributed by atoms with E-state index in [4.69, 9.17) is 0 Å². The predicted molar refractivity (Wildman–Crippen MR) is 56.9 cm³/mol. The van der Waals surface area contributed by atoms with Crippen molar-refractivity contribution >= 4 is 11.8 Å². The first kappa shape index (κ1) is 9.99. The van der Waals surface area contributed by atoms with Crippen molar-refractivity contribution in [2.45, 2.75) is 25.2 Å². The standard InChI is InChI=1S/C11H13FOS/c1-7-4-8(12)5-9-10(7)6-14-3-2-11(9)13/h4-5,11,13H,2-3,6H2,1H3. The van der Waals surface area contributed by atoms with Gasteiger partial charge in [0.15, 0.2) is 0 Å². The summed E-state index contributed by atoms with van der Waals surface area (Å²) < 4.78 is 13.1. The second kappa shape index (κ2) is 3.91. The van der Waals surface area contributed by atoms with Crippen LogP contribution in [0.4, 0.5) is 4.39 Å². The van der Waals surface area contributed by atoms with Crippen molar-refractivity contribution in [3.8, 4) is 0 Å². The summed E-state index contributed by atoms with van der Waals surface area (Å²) in [4.78, 5) is 0. The van der Waals surface area contributed by atoms with Gasteiger partial charge in [-0.15, -0.1) is 0 Å². The zero-order valence-electron chi connectivity index (χ0n) is 8.09. The summed E-state index contributed by atoms with van der Waals surface area (Å²) in [5, 5.41) is 9.81. The van der Waals surface area contributed by atoms with Crippen molar-refractivity contribution in [1.82, 2.24) is 0 Å². The van der Waals surface area contributed by atoms with Crippen LogP contribution >= 0.6 is 11.8 Å². The van der Waals surface area contributed by atoms with E-state index in [1.807, 2.05) is 6.92 Å². The third-order valence-corrected chi connectivity index (χ3v) is 3.63. The average molecular weight is 212 g/mol. The van der Waals surface area contributed by atoms with Crippen LogP contribution < -0.4 is 0 Å². The molecule has 76 valence electrons. The molecule has 0 saturated heterocycles. The number of fused-ring (bicyclic) bond motifs is 1. The van der Waals surface area contributed by atoms with Gasteiger partial charge in [0, 0.05) is 5.75 Å². The Bertz CT molecular complexity index is 351. The van der Waals surface area contributed by atoms with Gasteiger partial charge < -0.3 is 5.11 Å². The van der Waals surface area contributed by atoms with Crippen molar-refractivity contribution in [2.24, 2.45) is 0 Å². The maximum absolute atomic E-state index is 13.1. The van der Waals surface area contributed by atoms with E-state index in [2.05, 4.69) is 0 Å². The number of aliphatic hydroxyl groups is 1. The highest BCUT2D eigenvalue weighted by Crippen LogP contribution is 2.32. The Labute approximate surface area is 87.3 Å². The van der Waals surface area contributed by atoms with Crippen LogP contribution in [0.2, 0.25) is 0 Å². The molecule has 3 heteroatoms. The predicted octanol–water partition coefficient (Wildman–Crippen LogP) is 2.80. The molecule has 0 aliphatic carbocycles. The normalized spacial score (nSPS) is 21.5. The SMILES string of the molecule is Cc1cc(F)cc2c1CSCCC2O. The molecule has 0 aromatic heterocycles. The van der Waals surface area contributed by atoms with Gasteiger partial charge in [-0.25, -0.2) is 4.39 Å². The van der Waals surface area contributed by atoms with E-state index >= 15 is 0 Å².